The van der Waals surface area contributed by atoms with Crippen molar-refractivity contribution in [2.45, 2.75) is 50.3 Å². The van der Waals surface area contributed by atoms with Crippen LogP contribution in [-0.4, -0.2) is 50.5 Å². The first-order valence-electron chi connectivity index (χ1n) is 9.46. The average Bonchev–Trinajstić information content (AvgIpc) is 2.97. The molecule has 8 nitrogen and oxygen atoms in total. The number of aryl methyl sites for hydroxylation is 2. The van der Waals surface area contributed by atoms with Gasteiger partial charge in [-0.15, -0.1) is 0 Å². The maximum absolute atomic E-state index is 13.3. The highest BCUT2D eigenvalue weighted by atomic mass is 32.2. The molecule has 1 aromatic carbocycles. The largest absolute Gasteiger partial charge is 0.496 e. The molecule has 1 fully saturated rings. The van der Waals surface area contributed by atoms with Crippen LogP contribution in [0.3, 0.4) is 0 Å². The molecule has 0 saturated carbocycles. The Labute approximate surface area is 172 Å². The Hall–Kier alpha value is -1.91. The average molecular weight is 442 g/mol. The van der Waals surface area contributed by atoms with Crippen LogP contribution in [0.4, 0.5) is 0 Å². The Morgan fingerprint density at radius 3 is 2.38 bits per heavy atom. The smallest absolute Gasteiger partial charge is 0.283 e. The number of ether oxygens (including phenoxy) is 1. The van der Waals surface area contributed by atoms with Gasteiger partial charge in [-0.3, -0.25) is 0 Å². The van der Waals surface area contributed by atoms with Crippen LogP contribution in [0.5, 0.6) is 5.75 Å². The number of nitrogens with zero attached hydrogens (tertiary/aromatic N) is 3. The molecule has 0 N–H and O–H groups in total. The van der Waals surface area contributed by atoms with Gasteiger partial charge in [0.05, 0.1) is 23.4 Å². The molecule has 0 unspecified atom stereocenters. The van der Waals surface area contributed by atoms with Gasteiger partial charge in [0.2, 0.25) is 10.0 Å². The first kappa shape index (κ1) is 21.8. The molecular formula is C19H27N3O5S2. The fourth-order valence-corrected chi connectivity index (χ4v) is 7.27. The maximum atomic E-state index is 13.3. The Morgan fingerprint density at radius 2 is 1.79 bits per heavy atom. The molecule has 0 amide bonds. The topological polar surface area (TPSA) is 98.6 Å². The highest BCUT2D eigenvalue weighted by molar-refractivity contribution is 7.90. The van der Waals surface area contributed by atoms with E-state index in [0.29, 0.717) is 24.4 Å². The van der Waals surface area contributed by atoms with Crippen molar-refractivity contribution < 1.29 is 21.6 Å². The first-order valence-corrected chi connectivity index (χ1v) is 12.3. The van der Waals surface area contributed by atoms with Crippen molar-refractivity contribution in [1.29, 1.82) is 0 Å². The molecule has 29 heavy (non-hydrogen) atoms. The lowest BCUT2D eigenvalue weighted by molar-refractivity contribution is 0.281. The molecule has 0 radical (unpaired) electrons. The van der Waals surface area contributed by atoms with Gasteiger partial charge in [0.15, 0.2) is 0 Å². The molecule has 1 saturated heterocycles. The van der Waals surface area contributed by atoms with Crippen molar-refractivity contribution in [1.82, 2.24) is 13.5 Å². The Kier molecular flexibility index (Phi) is 5.81. The van der Waals surface area contributed by atoms with E-state index in [-0.39, 0.29) is 27.1 Å². The van der Waals surface area contributed by atoms with Gasteiger partial charge >= 0.3 is 0 Å². The van der Waals surface area contributed by atoms with Crippen molar-refractivity contribution in [2.24, 2.45) is 5.92 Å². The lowest BCUT2D eigenvalue weighted by Gasteiger charge is -2.30. The minimum absolute atomic E-state index is 0.0249. The van der Waals surface area contributed by atoms with Crippen LogP contribution in [0.15, 0.2) is 28.0 Å². The van der Waals surface area contributed by atoms with Gasteiger partial charge < -0.3 is 4.74 Å². The Morgan fingerprint density at radius 1 is 1.10 bits per heavy atom. The molecule has 2 heterocycles. The number of sulfonamides is 1. The third-order valence-corrected chi connectivity index (χ3v) is 9.07. The van der Waals surface area contributed by atoms with E-state index in [9.17, 15) is 16.8 Å². The highest BCUT2D eigenvalue weighted by Gasteiger charge is 2.35. The number of hydrogen-bond acceptors (Lipinski definition) is 6. The number of aromatic nitrogens is 2. The van der Waals surface area contributed by atoms with Gasteiger partial charge in [0, 0.05) is 13.1 Å². The van der Waals surface area contributed by atoms with Gasteiger partial charge in [-0.1, -0.05) is 6.92 Å². The quantitative estimate of drug-likeness (QED) is 0.707. The van der Waals surface area contributed by atoms with Crippen LogP contribution in [-0.2, 0) is 20.0 Å². The molecule has 0 spiro atoms. The summed E-state index contributed by atoms with van der Waals surface area (Å²) in [7, 11) is -6.37. The standard InChI is InChI=1S/C19H27N3O5S2/c1-13-7-6-10-21(12-13)29(25,26)19-15(3)20-22(16(19)4)28(23,24)17-8-9-18(27-5)14(2)11-17/h8-9,11,13H,6-7,10,12H2,1-5H3/t13-/m0/s1. The van der Waals surface area contributed by atoms with Crippen molar-refractivity contribution in [3.8, 4) is 5.75 Å². The first-order chi connectivity index (χ1) is 13.5. The number of piperidine rings is 1. The Bertz CT molecular complexity index is 1140. The summed E-state index contributed by atoms with van der Waals surface area (Å²) in [5, 5.41) is 4.10. The second kappa shape index (κ2) is 7.73. The van der Waals surface area contributed by atoms with Crippen LogP contribution in [0.1, 0.15) is 36.7 Å². The molecule has 1 aliphatic heterocycles. The second-order valence-corrected chi connectivity index (χ2v) is 11.2. The van der Waals surface area contributed by atoms with E-state index in [1.807, 2.05) is 6.92 Å². The summed E-state index contributed by atoms with van der Waals surface area (Å²) >= 11 is 0. The zero-order valence-electron chi connectivity index (χ0n) is 17.3. The number of hydrogen-bond donors (Lipinski definition) is 0. The van der Waals surface area contributed by atoms with Gasteiger partial charge in [-0.25, -0.2) is 8.42 Å². The molecule has 0 bridgehead atoms. The molecule has 1 aromatic heterocycles. The zero-order valence-corrected chi connectivity index (χ0v) is 19.0. The van der Waals surface area contributed by atoms with Crippen LogP contribution in [0.2, 0.25) is 0 Å². The molecule has 1 aliphatic rings. The summed E-state index contributed by atoms with van der Waals surface area (Å²) in [5.74, 6) is 0.833. The second-order valence-electron chi connectivity index (χ2n) is 7.59. The van der Waals surface area contributed by atoms with E-state index in [0.717, 1.165) is 16.9 Å². The van der Waals surface area contributed by atoms with Crippen LogP contribution in [0.25, 0.3) is 0 Å². The molecule has 3 rings (SSSR count). The fraction of sp³-hybridized carbons (Fsp3) is 0.526. The molecule has 1 atom stereocenters. The van der Waals surface area contributed by atoms with Gasteiger partial charge in [0.25, 0.3) is 10.0 Å². The van der Waals surface area contributed by atoms with Crippen LogP contribution < -0.4 is 4.74 Å². The van der Waals surface area contributed by atoms with Crippen LogP contribution in [0, 0.1) is 26.7 Å². The van der Waals surface area contributed by atoms with E-state index in [1.54, 1.807) is 13.0 Å². The summed E-state index contributed by atoms with van der Waals surface area (Å²) in [5.41, 5.74) is 0.925. The van der Waals surface area contributed by atoms with Gasteiger partial charge in [-0.2, -0.15) is 21.9 Å². The third-order valence-electron chi connectivity index (χ3n) is 5.29. The lowest BCUT2D eigenvalue weighted by Crippen LogP contribution is -2.39. The van der Waals surface area contributed by atoms with E-state index in [1.165, 1.54) is 37.4 Å². The maximum Gasteiger partial charge on any atom is 0.283 e. The van der Waals surface area contributed by atoms with E-state index in [4.69, 9.17) is 4.74 Å². The summed E-state index contributed by atoms with van der Waals surface area (Å²) in [6.45, 7) is 7.62. The fourth-order valence-electron chi connectivity index (χ4n) is 3.82. The number of rotatable bonds is 5. The number of benzene rings is 1. The van der Waals surface area contributed by atoms with Crippen molar-refractivity contribution in [2.75, 3.05) is 20.2 Å². The monoisotopic (exact) mass is 441 g/mol. The Balaban J connectivity index is 2.08. The molecule has 2 aromatic rings. The molecule has 0 aliphatic carbocycles. The van der Waals surface area contributed by atoms with Crippen molar-refractivity contribution >= 4 is 20.0 Å². The van der Waals surface area contributed by atoms with Gasteiger partial charge in [-0.05, 0) is 63.3 Å². The van der Waals surface area contributed by atoms with E-state index in [2.05, 4.69) is 5.10 Å². The molecular weight excluding hydrogens is 414 g/mol. The number of methoxy groups -OCH3 is 1. The third kappa shape index (κ3) is 3.80. The van der Waals surface area contributed by atoms with E-state index < -0.39 is 20.0 Å². The van der Waals surface area contributed by atoms with Crippen molar-refractivity contribution in [3.63, 3.8) is 0 Å². The van der Waals surface area contributed by atoms with Gasteiger partial charge in [0.1, 0.15) is 10.6 Å². The summed E-state index contributed by atoms with van der Waals surface area (Å²) in [4.78, 5) is -0.00245. The molecule has 160 valence electrons. The van der Waals surface area contributed by atoms with Crippen molar-refractivity contribution in [3.05, 3.63) is 35.2 Å². The normalized spacial score (nSPS) is 18.7. The zero-order chi connectivity index (χ0) is 21.6. The summed E-state index contributed by atoms with van der Waals surface area (Å²) < 4.78 is 60.3. The van der Waals surface area contributed by atoms with E-state index >= 15 is 0 Å². The summed E-state index contributed by atoms with van der Waals surface area (Å²) in [6.07, 6.45) is 1.77. The van der Waals surface area contributed by atoms with Crippen LogP contribution >= 0.6 is 0 Å². The molecule has 10 heteroatoms. The predicted octanol–water partition coefficient (Wildman–Crippen LogP) is 2.47. The lowest BCUT2D eigenvalue weighted by atomic mass is 10.0. The minimum Gasteiger partial charge on any atom is -0.496 e. The highest BCUT2D eigenvalue weighted by Crippen LogP contribution is 2.30. The minimum atomic E-state index is -4.05. The predicted molar refractivity (Wildman–Crippen MR) is 109 cm³/mol. The summed E-state index contributed by atoms with van der Waals surface area (Å²) in [6, 6.07) is 4.49. The SMILES string of the molecule is COc1ccc(S(=O)(=O)n2nc(C)c(S(=O)(=O)N3CCC[C@H](C)C3)c2C)cc1C.